The summed E-state index contributed by atoms with van der Waals surface area (Å²) in [6, 6.07) is 100. The third kappa shape index (κ3) is 6.50. The average molecular weight is 960 g/mol. The van der Waals surface area contributed by atoms with E-state index in [4.69, 9.17) is 4.42 Å². The normalized spacial score (nSPS) is 12.7. The topological polar surface area (TPSA) is 16.4 Å². The molecule has 0 unspecified atom stereocenters. The summed E-state index contributed by atoms with van der Waals surface area (Å²) in [5.41, 5.74) is 19.2. The number of anilines is 3. The van der Waals surface area contributed by atoms with Gasteiger partial charge in [-0.3, -0.25) is 0 Å². The summed E-state index contributed by atoms with van der Waals surface area (Å²) in [7, 11) is 0. The van der Waals surface area contributed by atoms with Crippen molar-refractivity contribution in [3.8, 4) is 44.5 Å². The molecular formula is C71H45NOS. The molecule has 0 aliphatic heterocycles. The van der Waals surface area contributed by atoms with E-state index < -0.39 is 5.41 Å². The summed E-state index contributed by atoms with van der Waals surface area (Å²) >= 11 is 1.87. The van der Waals surface area contributed by atoms with Crippen LogP contribution < -0.4 is 4.90 Å². The molecule has 74 heavy (non-hydrogen) atoms. The van der Waals surface area contributed by atoms with Crippen molar-refractivity contribution in [1.82, 2.24) is 0 Å². The summed E-state index contributed by atoms with van der Waals surface area (Å²) < 4.78 is 9.43. The highest BCUT2D eigenvalue weighted by Gasteiger charge is 2.46. The molecule has 3 heteroatoms. The maximum Gasteiger partial charge on any atom is 0.143 e. The minimum Gasteiger partial charge on any atom is -0.455 e. The Morgan fingerprint density at radius 2 is 0.865 bits per heavy atom. The van der Waals surface area contributed by atoms with Crippen LogP contribution in [0.5, 0.6) is 0 Å². The fraction of sp³-hybridized carbons (Fsp3) is 0.0141. The molecule has 0 fully saturated rings. The van der Waals surface area contributed by atoms with Gasteiger partial charge >= 0.3 is 0 Å². The molecule has 0 spiro atoms. The summed E-state index contributed by atoms with van der Waals surface area (Å²) in [6.45, 7) is 0. The number of hydrogen-bond donors (Lipinski definition) is 0. The van der Waals surface area contributed by atoms with Gasteiger partial charge in [0.1, 0.15) is 11.2 Å². The fourth-order valence-electron chi connectivity index (χ4n) is 12.2. The largest absolute Gasteiger partial charge is 0.455 e. The lowest BCUT2D eigenvalue weighted by Crippen LogP contribution is -2.28. The quantitative estimate of drug-likeness (QED) is 0.151. The van der Waals surface area contributed by atoms with Gasteiger partial charge in [0, 0.05) is 59.0 Å². The molecule has 2 nitrogen and oxygen atoms in total. The third-order valence-electron chi connectivity index (χ3n) is 15.6. The molecule has 0 saturated carbocycles. The van der Waals surface area contributed by atoms with Crippen LogP contribution in [-0.2, 0) is 5.41 Å². The first kappa shape index (κ1) is 42.4. The zero-order chi connectivity index (χ0) is 48.7. The summed E-state index contributed by atoms with van der Waals surface area (Å²) in [4.78, 5) is 2.39. The number of fused-ring (bicyclic) bond motifs is 11. The van der Waals surface area contributed by atoms with Gasteiger partial charge in [0.2, 0.25) is 0 Å². The van der Waals surface area contributed by atoms with E-state index in [1.807, 2.05) is 11.3 Å². The monoisotopic (exact) mass is 959 g/mol. The SMILES string of the molecule is c1ccc(C2(c3ccccc3)c3ccccc3-c3cc(-c4cccc(N(c5ccc(-c6cccc7c6oc6c8ccccc8ccc76)cc5)c5ccc(-c6cccc7c6sc6ccccc67)cc5)c4)ccc32)cc1. The van der Waals surface area contributed by atoms with E-state index in [2.05, 4.69) is 278 Å². The number of benzene rings is 12. The van der Waals surface area contributed by atoms with Crippen molar-refractivity contribution in [2.45, 2.75) is 5.41 Å². The van der Waals surface area contributed by atoms with Crippen molar-refractivity contribution in [3.63, 3.8) is 0 Å². The molecular weight excluding hydrogens is 915 g/mol. The summed E-state index contributed by atoms with van der Waals surface area (Å²) in [5.74, 6) is 0. The molecule has 0 saturated heterocycles. The molecule has 2 aromatic heterocycles. The number of para-hydroxylation sites is 1. The molecule has 346 valence electrons. The molecule has 1 aliphatic rings. The lowest BCUT2D eigenvalue weighted by molar-refractivity contribution is 0.674. The Morgan fingerprint density at radius 3 is 1.64 bits per heavy atom. The van der Waals surface area contributed by atoms with E-state index in [-0.39, 0.29) is 0 Å². The van der Waals surface area contributed by atoms with Gasteiger partial charge in [0.15, 0.2) is 0 Å². The zero-order valence-electron chi connectivity index (χ0n) is 40.2. The average Bonchev–Trinajstić information content (AvgIpc) is 4.17. The molecule has 0 bridgehead atoms. The molecule has 2 heterocycles. The first-order chi connectivity index (χ1) is 36.7. The predicted molar refractivity (Wildman–Crippen MR) is 312 cm³/mol. The highest BCUT2D eigenvalue weighted by Crippen LogP contribution is 2.57. The Labute approximate surface area is 433 Å². The highest BCUT2D eigenvalue weighted by molar-refractivity contribution is 7.26. The van der Waals surface area contributed by atoms with Crippen LogP contribution in [0.3, 0.4) is 0 Å². The second kappa shape index (κ2) is 16.9. The molecule has 14 aromatic rings. The number of nitrogens with zero attached hydrogens (tertiary/aromatic N) is 1. The van der Waals surface area contributed by atoms with E-state index in [9.17, 15) is 0 Å². The molecule has 15 rings (SSSR count). The van der Waals surface area contributed by atoms with E-state index in [1.54, 1.807) is 0 Å². The Hall–Kier alpha value is -9.28. The van der Waals surface area contributed by atoms with Crippen molar-refractivity contribution in [3.05, 3.63) is 295 Å². The van der Waals surface area contributed by atoms with E-state index in [0.29, 0.717) is 0 Å². The smallest absolute Gasteiger partial charge is 0.143 e. The molecule has 0 radical (unpaired) electrons. The minimum atomic E-state index is -0.448. The summed E-state index contributed by atoms with van der Waals surface area (Å²) in [6.07, 6.45) is 0. The number of thiophene rings is 1. The van der Waals surface area contributed by atoms with Crippen LogP contribution in [0.4, 0.5) is 17.1 Å². The van der Waals surface area contributed by atoms with Crippen LogP contribution in [0.2, 0.25) is 0 Å². The first-order valence-electron chi connectivity index (χ1n) is 25.4. The van der Waals surface area contributed by atoms with E-state index >= 15 is 0 Å². The van der Waals surface area contributed by atoms with Crippen molar-refractivity contribution in [2.75, 3.05) is 4.90 Å². The predicted octanol–water partition coefficient (Wildman–Crippen LogP) is 19.9. The minimum absolute atomic E-state index is 0.448. The van der Waals surface area contributed by atoms with Gasteiger partial charge in [-0.05, 0) is 121 Å². The Kier molecular flexibility index (Phi) is 9.70. The van der Waals surface area contributed by atoms with Crippen LogP contribution in [0.15, 0.2) is 277 Å². The Bertz CT molecular complexity index is 4430. The van der Waals surface area contributed by atoms with Gasteiger partial charge < -0.3 is 9.32 Å². The zero-order valence-corrected chi connectivity index (χ0v) is 41.1. The van der Waals surface area contributed by atoms with Crippen LogP contribution in [0, 0.1) is 0 Å². The molecule has 0 atom stereocenters. The molecule has 0 N–H and O–H groups in total. The third-order valence-corrected chi connectivity index (χ3v) is 16.8. The molecule has 0 amide bonds. The van der Waals surface area contributed by atoms with E-state index in [0.717, 1.165) is 61.1 Å². The van der Waals surface area contributed by atoms with Crippen molar-refractivity contribution in [2.24, 2.45) is 0 Å². The second-order valence-corrected chi connectivity index (χ2v) is 20.5. The van der Waals surface area contributed by atoms with Gasteiger partial charge in [-0.15, -0.1) is 11.3 Å². The summed E-state index contributed by atoms with van der Waals surface area (Å²) in [5, 5.41) is 7.17. The first-order valence-corrected chi connectivity index (χ1v) is 26.2. The van der Waals surface area contributed by atoms with Crippen LogP contribution in [0.1, 0.15) is 22.3 Å². The fourth-order valence-corrected chi connectivity index (χ4v) is 13.4. The number of rotatable bonds is 8. The number of hydrogen-bond acceptors (Lipinski definition) is 3. The van der Waals surface area contributed by atoms with Crippen molar-refractivity contribution in [1.29, 1.82) is 0 Å². The lowest BCUT2D eigenvalue weighted by atomic mass is 9.67. The van der Waals surface area contributed by atoms with Gasteiger partial charge in [-0.2, -0.15) is 0 Å². The van der Waals surface area contributed by atoms with Gasteiger partial charge in [-0.25, -0.2) is 0 Å². The van der Waals surface area contributed by atoms with Gasteiger partial charge in [0.25, 0.3) is 0 Å². The number of furan rings is 1. The highest BCUT2D eigenvalue weighted by atomic mass is 32.1. The Morgan fingerprint density at radius 1 is 0.311 bits per heavy atom. The van der Waals surface area contributed by atoms with Crippen LogP contribution in [-0.4, -0.2) is 0 Å². The molecule has 1 aliphatic carbocycles. The van der Waals surface area contributed by atoms with Crippen LogP contribution in [0.25, 0.3) is 97.4 Å². The standard InChI is InChI=1S/C71H45NOS/c1-3-18-51(19-4-1)71(52-20-5-2-6-21-52)65-30-11-9-24-59(65)64-45-50(37-43-66(64)71)49-17-13-22-55(44-49)72(54-40-34-48(35-41-54)58-27-15-29-63-60-25-10-12-31-67(60)74-70(58)63)53-38-32-47(33-39-53)57-26-14-28-61-62-42-36-46-16-7-8-23-56(46)69(62)73-68(57)61/h1-45H. The maximum atomic E-state index is 6.81. The lowest BCUT2D eigenvalue weighted by Gasteiger charge is -2.33. The Balaban J connectivity index is 0.859. The van der Waals surface area contributed by atoms with Gasteiger partial charge in [-0.1, -0.05) is 218 Å². The van der Waals surface area contributed by atoms with Crippen molar-refractivity contribution < 1.29 is 4.42 Å². The van der Waals surface area contributed by atoms with Gasteiger partial charge in [0.05, 0.1) is 5.41 Å². The van der Waals surface area contributed by atoms with Crippen LogP contribution >= 0.6 is 11.3 Å². The maximum absolute atomic E-state index is 6.81. The van der Waals surface area contributed by atoms with E-state index in [1.165, 1.54) is 75.6 Å². The molecule has 12 aromatic carbocycles. The van der Waals surface area contributed by atoms with Crippen molar-refractivity contribution >= 4 is 81.3 Å². The second-order valence-electron chi connectivity index (χ2n) is 19.5.